The van der Waals surface area contributed by atoms with Gasteiger partial charge < -0.3 is 94.7 Å². The maximum absolute atomic E-state index is 14.2. The van der Waals surface area contributed by atoms with E-state index in [0.717, 1.165) is 4.90 Å². The number of carbonyl (C=O) groups is 6. The summed E-state index contributed by atoms with van der Waals surface area (Å²) in [6, 6.07) is 4.90. The number of alkyl carbamates (subject to hydrolysis) is 3. The van der Waals surface area contributed by atoms with E-state index >= 15 is 0 Å². The van der Waals surface area contributed by atoms with Crippen molar-refractivity contribution in [1.82, 2.24) is 36.4 Å². The van der Waals surface area contributed by atoms with E-state index < -0.39 is 162 Å². The van der Waals surface area contributed by atoms with Crippen LogP contribution in [0.15, 0.2) is 60.4 Å². The Bertz CT molecular complexity index is 2850. The lowest BCUT2D eigenvalue weighted by atomic mass is 9.72. The highest BCUT2D eigenvalue weighted by atomic mass is 16.7. The summed E-state index contributed by atoms with van der Waals surface area (Å²) in [6.45, 7) is 15.7. The van der Waals surface area contributed by atoms with Crippen LogP contribution in [-0.2, 0) is 55.9 Å². The average molecular weight is 1270 g/mol. The molecular weight excluding hydrogens is 1190 g/mol. The Morgan fingerprint density at radius 3 is 1.81 bits per heavy atom. The molecule has 0 radical (unpaired) electrons. The number of piperidine rings is 1. The number of benzene rings is 2. The fraction of sp³-hybridized carbons (Fsp3) is 0.661. The molecule has 500 valence electrons. The standard InChI is InChI=1S/C59H87N9O22/c1-56(2,3)88-51(73)61-29-42(69)49(72)62-41-26-40(64-53(75)84-31-35-14-18-37(19-15-35)68(81)82)43(44(70)47(41)87-50-45(71)48(59(10,78)32-85-50)65(11)54(76)89-57(4,5)6)46-39(63-52(74)83-30-34-12-16-36(17-13-34)67(79)80)21-20-38(86-46)28-60-27-33-22-24-66(25-23-33)55(77)90-58(7,8)9/h12-20,33,39-48,50,60,69-71,78H,21-32H2,1-11H3,(H,61,73)(H,62,72)(H,63,74)(H,64,75)/t39-,40+,41-,42+,43-,44+,45-,46?,47+,48-,50-,59+/m1/s1. The van der Waals surface area contributed by atoms with E-state index in [2.05, 4.69) is 26.6 Å². The Morgan fingerprint density at radius 2 is 1.29 bits per heavy atom. The highest BCUT2D eigenvalue weighted by molar-refractivity contribution is 5.82. The van der Waals surface area contributed by atoms with Gasteiger partial charge in [0.2, 0.25) is 0 Å². The smallest absolute Gasteiger partial charge is 0.410 e. The second-order valence-electron chi connectivity index (χ2n) is 26.0. The summed E-state index contributed by atoms with van der Waals surface area (Å²) in [6.07, 6.45) is -12.8. The number of aliphatic hydroxyl groups is 4. The Labute approximate surface area is 521 Å². The van der Waals surface area contributed by atoms with Gasteiger partial charge in [0, 0.05) is 56.4 Å². The van der Waals surface area contributed by atoms with Gasteiger partial charge in [-0.25, -0.2) is 24.0 Å². The molecule has 9 N–H and O–H groups in total. The van der Waals surface area contributed by atoms with Crippen molar-refractivity contribution in [2.75, 3.05) is 46.4 Å². The second kappa shape index (κ2) is 30.4. The lowest BCUT2D eigenvalue weighted by Gasteiger charge is -2.52. The molecule has 0 aromatic heterocycles. The number of likely N-dealkylation sites (tertiary alicyclic amines) is 1. The van der Waals surface area contributed by atoms with Gasteiger partial charge in [0.05, 0.1) is 53.8 Å². The number of nitrogens with zero attached hydrogens (tertiary/aromatic N) is 4. The highest BCUT2D eigenvalue weighted by Gasteiger charge is 2.57. The summed E-state index contributed by atoms with van der Waals surface area (Å²) in [5, 5.41) is 84.9. The van der Waals surface area contributed by atoms with Crippen LogP contribution in [0, 0.1) is 32.1 Å². The first-order chi connectivity index (χ1) is 42.0. The summed E-state index contributed by atoms with van der Waals surface area (Å²) in [7, 11) is 1.27. The molecule has 1 saturated carbocycles. The Balaban J connectivity index is 1.37. The van der Waals surface area contributed by atoms with E-state index in [1.807, 2.05) is 0 Å². The molecule has 6 rings (SSSR count). The van der Waals surface area contributed by atoms with Gasteiger partial charge in [0.1, 0.15) is 65.8 Å². The number of ether oxygens (including phenoxy) is 8. The van der Waals surface area contributed by atoms with Crippen molar-refractivity contribution in [2.45, 2.75) is 192 Å². The van der Waals surface area contributed by atoms with Crippen LogP contribution in [0.25, 0.3) is 0 Å². The number of nitro benzene ring substituents is 2. The van der Waals surface area contributed by atoms with Gasteiger partial charge in [-0.2, -0.15) is 0 Å². The second-order valence-corrected chi connectivity index (χ2v) is 26.0. The number of likely N-dealkylation sites (N-methyl/N-ethyl adjacent to an activating group) is 1. The van der Waals surface area contributed by atoms with Crippen LogP contribution in [0.5, 0.6) is 0 Å². The first-order valence-electron chi connectivity index (χ1n) is 29.6. The molecule has 3 aliphatic heterocycles. The third-order valence-corrected chi connectivity index (χ3v) is 15.0. The van der Waals surface area contributed by atoms with E-state index in [1.165, 1.54) is 62.5 Å². The van der Waals surface area contributed by atoms with E-state index in [9.17, 15) is 69.4 Å². The molecule has 31 nitrogen and oxygen atoms in total. The molecule has 1 unspecified atom stereocenters. The van der Waals surface area contributed by atoms with E-state index in [4.69, 9.17) is 37.9 Å². The SMILES string of the molecule is CN(C(=O)OC(C)(C)C)[C@@H]1[C@@H](O)[C@@H](O[C@@H]2[C@@H](O)[C@H](C3OC(CNCC4CCN(C(=O)OC(C)(C)C)CC4)=CC[C@H]3NC(=O)OCc3ccc([N+](=O)[O-])cc3)[C@@H](NC(=O)OCc3ccc([N+](=O)[O-])cc3)C[C@H]2NC(=O)[C@@H](O)CNC(=O)OC(C)(C)C)OC[C@]1(C)O. The number of hydrogen-bond donors (Lipinski definition) is 9. The molecular formula is C59H87N9O22. The molecule has 1 aliphatic carbocycles. The number of amides is 6. The number of nitrogens with one attached hydrogen (secondary N) is 5. The molecule has 4 aliphatic rings. The quantitative estimate of drug-likeness (QED) is 0.0511. The normalized spacial score (nSPS) is 26.0. The van der Waals surface area contributed by atoms with Crippen LogP contribution < -0.4 is 26.6 Å². The van der Waals surface area contributed by atoms with Gasteiger partial charge in [-0.1, -0.05) is 0 Å². The van der Waals surface area contributed by atoms with Crippen molar-refractivity contribution in [3.8, 4) is 0 Å². The minimum atomic E-state index is -1.99. The van der Waals surface area contributed by atoms with Gasteiger partial charge >= 0.3 is 30.5 Å². The van der Waals surface area contributed by atoms with E-state index in [-0.39, 0.29) is 36.9 Å². The predicted molar refractivity (Wildman–Crippen MR) is 317 cm³/mol. The van der Waals surface area contributed by atoms with Crippen molar-refractivity contribution in [2.24, 2.45) is 11.8 Å². The average Bonchev–Trinajstić information content (AvgIpc) is 0.866. The maximum Gasteiger partial charge on any atom is 0.410 e. The summed E-state index contributed by atoms with van der Waals surface area (Å²) < 4.78 is 46.9. The first-order valence-corrected chi connectivity index (χ1v) is 29.6. The number of nitro groups is 2. The molecule has 2 saturated heterocycles. The zero-order chi connectivity index (χ0) is 66.6. The van der Waals surface area contributed by atoms with Crippen LogP contribution in [0.4, 0.5) is 35.3 Å². The fourth-order valence-corrected chi connectivity index (χ4v) is 10.8. The van der Waals surface area contributed by atoms with Crippen molar-refractivity contribution < 1.29 is 96.9 Å². The van der Waals surface area contributed by atoms with Crippen LogP contribution in [0.1, 0.15) is 106 Å². The molecule has 0 bridgehead atoms. The molecule has 90 heavy (non-hydrogen) atoms. The predicted octanol–water partition coefficient (Wildman–Crippen LogP) is 4.14. The molecule has 2 aromatic carbocycles. The zero-order valence-corrected chi connectivity index (χ0v) is 52.5. The highest BCUT2D eigenvalue weighted by Crippen LogP contribution is 2.39. The topological polar surface area (TPSA) is 410 Å². The van der Waals surface area contributed by atoms with Gasteiger partial charge in [0.15, 0.2) is 6.29 Å². The number of carbonyl (C=O) groups excluding carboxylic acids is 6. The number of rotatable bonds is 20. The largest absolute Gasteiger partial charge is 0.491 e. The third-order valence-electron chi connectivity index (χ3n) is 15.0. The molecule has 12 atom stereocenters. The lowest BCUT2D eigenvalue weighted by molar-refractivity contribution is -0.385. The molecule has 3 heterocycles. The summed E-state index contributed by atoms with van der Waals surface area (Å²) in [5.41, 5.74) is -4.30. The van der Waals surface area contributed by atoms with Crippen molar-refractivity contribution >= 4 is 47.7 Å². The number of non-ortho nitro benzene ring substituents is 2. The molecule has 2 aromatic rings. The lowest BCUT2D eigenvalue weighted by Crippen LogP contribution is -2.71. The summed E-state index contributed by atoms with van der Waals surface area (Å²) in [4.78, 5) is 105. The van der Waals surface area contributed by atoms with Crippen LogP contribution in [-0.4, -0.2) is 206 Å². The minimum Gasteiger partial charge on any atom is -0.491 e. The van der Waals surface area contributed by atoms with Gasteiger partial charge in [-0.15, -0.1) is 0 Å². The molecule has 31 heteroatoms. The van der Waals surface area contributed by atoms with Crippen molar-refractivity contribution in [1.29, 1.82) is 0 Å². The molecule has 0 spiro atoms. The van der Waals surface area contributed by atoms with Gasteiger partial charge in [-0.3, -0.25) is 25.0 Å². The fourth-order valence-electron chi connectivity index (χ4n) is 10.8. The third kappa shape index (κ3) is 20.9. The van der Waals surface area contributed by atoms with Crippen LogP contribution >= 0.6 is 0 Å². The van der Waals surface area contributed by atoms with E-state index in [1.54, 1.807) is 73.3 Å². The maximum atomic E-state index is 14.2. The van der Waals surface area contributed by atoms with Crippen LogP contribution in [0.3, 0.4) is 0 Å². The van der Waals surface area contributed by atoms with Gasteiger partial charge in [0.25, 0.3) is 17.3 Å². The summed E-state index contributed by atoms with van der Waals surface area (Å²) >= 11 is 0. The number of hydrogen-bond acceptors (Lipinski definition) is 23. The zero-order valence-electron chi connectivity index (χ0n) is 52.5. The first kappa shape index (κ1) is 71.4. The summed E-state index contributed by atoms with van der Waals surface area (Å²) in [5.74, 6) is -2.15. The Morgan fingerprint density at radius 1 is 0.756 bits per heavy atom. The Hall–Kier alpha value is -7.68. The molecule has 6 amide bonds. The van der Waals surface area contributed by atoms with E-state index in [0.29, 0.717) is 49.4 Å². The minimum absolute atomic E-state index is 0.0101. The van der Waals surface area contributed by atoms with Crippen LogP contribution in [0.2, 0.25) is 0 Å². The number of aliphatic hydroxyl groups excluding tert-OH is 3. The monoisotopic (exact) mass is 1270 g/mol. The molecule has 3 fully saturated rings. The van der Waals surface area contributed by atoms with Gasteiger partial charge in [-0.05, 0) is 149 Å². The van der Waals surface area contributed by atoms with Crippen molar-refractivity contribution in [3.05, 3.63) is 91.7 Å². The van der Waals surface area contributed by atoms with Crippen molar-refractivity contribution in [3.63, 3.8) is 0 Å². The Kier molecular flexibility index (Phi) is 24.1.